The maximum absolute atomic E-state index is 13.5. The number of benzene rings is 2. The third-order valence-electron chi connectivity index (χ3n) is 4.48. The first-order chi connectivity index (χ1) is 12.2. The molecule has 0 saturated heterocycles. The second kappa shape index (κ2) is 6.24. The molecule has 0 spiro atoms. The minimum atomic E-state index is -0.354. The highest BCUT2D eigenvalue weighted by Crippen LogP contribution is 2.35. The van der Waals surface area contributed by atoms with E-state index in [0.29, 0.717) is 24.6 Å². The molecule has 128 valence electrons. The van der Waals surface area contributed by atoms with Crippen molar-refractivity contribution in [3.05, 3.63) is 69.8 Å². The number of fused-ring (bicyclic) bond motifs is 3. The van der Waals surface area contributed by atoms with Gasteiger partial charge in [0, 0.05) is 17.1 Å². The van der Waals surface area contributed by atoms with Crippen LogP contribution in [0.3, 0.4) is 0 Å². The topological polar surface area (TPSA) is 42.7 Å². The van der Waals surface area contributed by atoms with Crippen molar-refractivity contribution in [3.8, 4) is 5.75 Å². The Morgan fingerprint density at radius 3 is 2.88 bits per heavy atom. The number of halogens is 1. The molecule has 0 radical (unpaired) electrons. The van der Waals surface area contributed by atoms with Gasteiger partial charge in [-0.15, -0.1) is 0 Å². The molecule has 0 amide bonds. The van der Waals surface area contributed by atoms with E-state index in [4.69, 9.17) is 9.15 Å². The molecule has 0 fully saturated rings. The Kier molecular flexibility index (Phi) is 3.92. The number of hydrogen-bond acceptors (Lipinski definition) is 4. The normalized spacial score (nSPS) is 13.6. The van der Waals surface area contributed by atoms with E-state index in [0.717, 1.165) is 35.0 Å². The molecule has 4 rings (SSSR count). The third-order valence-corrected chi connectivity index (χ3v) is 4.48. The molecule has 0 atom stereocenters. The van der Waals surface area contributed by atoms with E-state index in [2.05, 4.69) is 6.92 Å². The van der Waals surface area contributed by atoms with E-state index in [1.165, 1.54) is 12.1 Å². The molecule has 0 unspecified atom stereocenters. The van der Waals surface area contributed by atoms with Gasteiger partial charge in [-0.05, 0) is 42.3 Å². The average Bonchev–Trinajstić information content (AvgIpc) is 2.61. The molecule has 0 N–H and O–H groups in total. The average molecular weight is 339 g/mol. The number of nitrogens with zero attached hydrogens (tertiary/aromatic N) is 1. The minimum Gasteiger partial charge on any atom is -0.473 e. The van der Waals surface area contributed by atoms with E-state index >= 15 is 0 Å². The van der Waals surface area contributed by atoms with Gasteiger partial charge in [0.15, 0.2) is 6.73 Å². The van der Waals surface area contributed by atoms with Crippen molar-refractivity contribution >= 4 is 16.7 Å². The zero-order valence-corrected chi connectivity index (χ0v) is 13.9. The highest BCUT2D eigenvalue weighted by molar-refractivity contribution is 5.85. The molecular weight excluding hydrogens is 321 g/mol. The summed E-state index contributed by atoms with van der Waals surface area (Å²) in [6.45, 7) is 2.89. The molecule has 2 aromatic carbocycles. The summed E-state index contributed by atoms with van der Waals surface area (Å²) >= 11 is 0. The molecule has 1 aromatic heterocycles. The Morgan fingerprint density at radius 2 is 2.08 bits per heavy atom. The Balaban J connectivity index is 1.82. The number of hydrogen-bond donors (Lipinski definition) is 0. The summed E-state index contributed by atoms with van der Waals surface area (Å²) in [4.78, 5) is 13.9. The Morgan fingerprint density at radius 1 is 1.20 bits per heavy atom. The molecular formula is C20H18FNO3. The van der Waals surface area contributed by atoms with Crippen LogP contribution in [0, 0.1) is 5.82 Å². The van der Waals surface area contributed by atoms with Crippen molar-refractivity contribution in [1.29, 1.82) is 0 Å². The summed E-state index contributed by atoms with van der Waals surface area (Å²) in [5.74, 6) is 0.412. The lowest BCUT2D eigenvalue weighted by molar-refractivity contribution is 0.289. The van der Waals surface area contributed by atoms with Gasteiger partial charge in [-0.2, -0.15) is 0 Å². The minimum absolute atomic E-state index is 0.294. The Hall–Kier alpha value is -2.82. The van der Waals surface area contributed by atoms with Crippen LogP contribution in [-0.2, 0) is 13.0 Å². The number of anilines is 1. The van der Waals surface area contributed by atoms with Gasteiger partial charge in [0.05, 0.1) is 12.1 Å². The molecule has 1 aliphatic heterocycles. The number of rotatable bonds is 3. The highest BCUT2D eigenvalue weighted by Gasteiger charge is 2.22. The lowest BCUT2D eigenvalue weighted by Gasteiger charge is -2.31. The van der Waals surface area contributed by atoms with Gasteiger partial charge in [0.25, 0.3) is 0 Å². The van der Waals surface area contributed by atoms with Crippen LogP contribution < -0.4 is 15.3 Å². The summed E-state index contributed by atoms with van der Waals surface area (Å²) in [5.41, 5.74) is 2.75. The SMILES string of the molecule is CCCc1cc(=O)oc2c3c(ccc12)OCN(c1cccc(F)c1)C3. The first-order valence-electron chi connectivity index (χ1n) is 8.37. The van der Waals surface area contributed by atoms with Crippen molar-refractivity contribution in [2.75, 3.05) is 11.6 Å². The van der Waals surface area contributed by atoms with Crippen molar-refractivity contribution < 1.29 is 13.5 Å². The van der Waals surface area contributed by atoms with Crippen molar-refractivity contribution in [2.45, 2.75) is 26.3 Å². The smallest absolute Gasteiger partial charge is 0.336 e. The maximum atomic E-state index is 13.5. The predicted molar refractivity (Wildman–Crippen MR) is 94.6 cm³/mol. The van der Waals surface area contributed by atoms with Gasteiger partial charge in [-0.25, -0.2) is 9.18 Å². The molecule has 3 aromatic rings. The zero-order chi connectivity index (χ0) is 17.4. The van der Waals surface area contributed by atoms with Crippen molar-refractivity contribution in [1.82, 2.24) is 0 Å². The third kappa shape index (κ3) is 2.86. The van der Waals surface area contributed by atoms with Gasteiger partial charge in [-0.1, -0.05) is 19.4 Å². The van der Waals surface area contributed by atoms with Crippen LogP contribution in [0.4, 0.5) is 10.1 Å². The molecule has 0 aliphatic carbocycles. The van der Waals surface area contributed by atoms with Crippen molar-refractivity contribution in [3.63, 3.8) is 0 Å². The Bertz CT molecular complexity index is 996. The molecule has 0 saturated carbocycles. The molecule has 1 aliphatic rings. The first kappa shape index (κ1) is 15.7. The van der Waals surface area contributed by atoms with Crippen LogP contribution in [-0.4, -0.2) is 6.73 Å². The van der Waals surface area contributed by atoms with E-state index in [-0.39, 0.29) is 11.4 Å². The second-order valence-electron chi connectivity index (χ2n) is 6.21. The van der Waals surface area contributed by atoms with Crippen LogP contribution in [0.25, 0.3) is 11.0 Å². The molecule has 5 heteroatoms. The lowest BCUT2D eigenvalue weighted by atomic mass is 10.0. The fraction of sp³-hybridized carbons (Fsp3) is 0.250. The van der Waals surface area contributed by atoms with E-state index in [1.54, 1.807) is 12.1 Å². The van der Waals surface area contributed by atoms with Crippen LogP contribution in [0.5, 0.6) is 5.75 Å². The number of ether oxygens (including phenoxy) is 1. The fourth-order valence-electron chi connectivity index (χ4n) is 3.31. The Labute approximate surface area is 144 Å². The van der Waals surface area contributed by atoms with E-state index < -0.39 is 0 Å². The van der Waals surface area contributed by atoms with E-state index in [9.17, 15) is 9.18 Å². The summed E-state index contributed by atoms with van der Waals surface area (Å²) in [7, 11) is 0. The first-order valence-corrected chi connectivity index (χ1v) is 8.37. The zero-order valence-electron chi connectivity index (χ0n) is 13.9. The highest BCUT2D eigenvalue weighted by atomic mass is 19.1. The standard InChI is InChI=1S/C20H18FNO3/c1-2-4-13-9-19(23)25-20-16(13)7-8-18-17(20)11-22(12-24-18)15-6-3-5-14(21)10-15/h3,5-10H,2,4,11-12H2,1H3. The predicted octanol–water partition coefficient (Wildman–Crippen LogP) is 4.24. The van der Waals surface area contributed by atoms with Crippen LogP contribution in [0.1, 0.15) is 24.5 Å². The summed E-state index contributed by atoms with van der Waals surface area (Å²) in [5, 5.41) is 0.935. The van der Waals surface area contributed by atoms with Gasteiger partial charge in [0.1, 0.15) is 17.1 Å². The van der Waals surface area contributed by atoms with E-state index in [1.807, 2.05) is 23.1 Å². The van der Waals surface area contributed by atoms with Crippen LogP contribution >= 0.6 is 0 Å². The summed E-state index contributed by atoms with van der Waals surface area (Å²) < 4.78 is 24.9. The van der Waals surface area contributed by atoms with Crippen molar-refractivity contribution in [2.24, 2.45) is 0 Å². The monoisotopic (exact) mass is 339 g/mol. The quantitative estimate of drug-likeness (QED) is 0.669. The summed E-state index contributed by atoms with van der Waals surface area (Å²) in [6.07, 6.45) is 1.76. The molecule has 25 heavy (non-hydrogen) atoms. The molecule has 2 heterocycles. The molecule has 4 nitrogen and oxygen atoms in total. The maximum Gasteiger partial charge on any atom is 0.336 e. The van der Waals surface area contributed by atoms with Gasteiger partial charge >= 0.3 is 5.63 Å². The summed E-state index contributed by atoms with van der Waals surface area (Å²) in [6, 6.07) is 11.8. The van der Waals surface area contributed by atoms with Gasteiger partial charge in [0.2, 0.25) is 0 Å². The van der Waals surface area contributed by atoms with Crippen LogP contribution in [0.2, 0.25) is 0 Å². The second-order valence-corrected chi connectivity index (χ2v) is 6.21. The van der Waals surface area contributed by atoms with Gasteiger partial charge in [-0.3, -0.25) is 0 Å². The van der Waals surface area contributed by atoms with Gasteiger partial charge < -0.3 is 14.1 Å². The largest absolute Gasteiger partial charge is 0.473 e. The fourth-order valence-corrected chi connectivity index (χ4v) is 3.31. The lowest BCUT2D eigenvalue weighted by Crippen LogP contribution is -2.32. The van der Waals surface area contributed by atoms with Crippen LogP contribution in [0.15, 0.2) is 51.7 Å². The number of aryl methyl sites for hydroxylation is 1. The molecule has 0 bridgehead atoms.